The fraction of sp³-hybridized carbons (Fsp3) is 0.887. The van der Waals surface area contributed by atoms with Gasteiger partial charge in [0.05, 0.1) is 104 Å². The van der Waals surface area contributed by atoms with E-state index in [9.17, 15) is 15.3 Å². The van der Waals surface area contributed by atoms with Gasteiger partial charge in [-0.1, -0.05) is 92.1 Å². The van der Waals surface area contributed by atoms with Crippen LogP contribution in [-0.2, 0) is 38.8 Å². The van der Waals surface area contributed by atoms with Gasteiger partial charge in [-0.25, -0.2) is 0 Å². The summed E-state index contributed by atoms with van der Waals surface area (Å²) in [5.41, 5.74) is -2.16. The van der Waals surface area contributed by atoms with E-state index in [0.717, 1.165) is 76.2 Å². The first-order valence-electron chi connectivity index (χ1n) is 24.9. The molecule has 1 rings (SSSR count). The second-order valence-electron chi connectivity index (χ2n) is 20.8. The highest BCUT2D eigenvalue weighted by Crippen LogP contribution is 2.42. The van der Waals surface area contributed by atoms with Gasteiger partial charge in [0.2, 0.25) is 0 Å². The van der Waals surface area contributed by atoms with Crippen molar-refractivity contribution in [2.45, 2.75) is 246 Å². The van der Waals surface area contributed by atoms with E-state index in [1.807, 2.05) is 32.0 Å². The molecule has 9 atom stereocenters. The summed E-state index contributed by atoms with van der Waals surface area (Å²) in [4.78, 5) is 0. The van der Waals surface area contributed by atoms with Crippen molar-refractivity contribution in [3.63, 3.8) is 0 Å². The van der Waals surface area contributed by atoms with Crippen LogP contribution in [0.25, 0.3) is 0 Å². The highest BCUT2D eigenvalue weighted by molar-refractivity contribution is 5.21. The van der Waals surface area contributed by atoms with Crippen LogP contribution in [0.15, 0.2) is 30.3 Å². The molecule has 0 radical (unpaired) electrons. The van der Waals surface area contributed by atoms with Gasteiger partial charge in [0.15, 0.2) is 0 Å². The monoisotopic (exact) mass is 897 g/mol. The van der Waals surface area contributed by atoms with E-state index in [4.69, 9.17) is 33.2 Å². The molecule has 0 saturated carbocycles. The van der Waals surface area contributed by atoms with Gasteiger partial charge in [-0.2, -0.15) is 0 Å². The molecule has 0 bridgehead atoms. The van der Waals surface area contributed by atoms with Crippen molar-refractivity contribution in [1.82, 2.24) is 0 Å². The van der Waals surface area contributed by atoms with Crippen molar-refractivity contribution in [3.8, 4) is 0 Å². The molecule has 0 aliphatic heterocycles. The Labute approximate surface area is 387 Å². The first kappa shape index (κ1) is 59.8. The third kappa shape index (κ3) is 20.3. The molecule has 10 heteroatoms. The van der Waals surface area contributed by atoms with Crippen molar-refractivity contribution in [3.05, 3.63) is 35.9 Å². The van der Waals surface area contributed by atoms with Crippen molar-refractivity contribution in [2.24, 2.45) is 5.41 Å². The second kappa shape index (κ2) is 27.6. The van der Waals surface area contributed by atoms with Gasteiger partial charge in [-0.3, -0.25) is 0 Å². The minimum atomic E-state index is -0.662. The standard InChI is InChI=1S/C53H100O10/c1-17-29-51(14,61-40-44(55)38-49(12,20-4)57-35-33-54)31-30-46(8,9)63-42-47(10,18-2)53(16,23-7)60-34-32-48(11,19-3)58-36-37-59-50(13,21-5)39-45(56)41-62-52(15,22-6)43-27-25-24-26-28-43/h24-28,44-45,54-56H,17-23,29-42H2,1-16H3. The number of aliphatic hydroxyl groups excluding tert-OH is 3. The molecular formula is C53H100O10. The number of rotatable bonds is 38. The summed E-state index contributed by atoms with van der Waals surface area (Å²) >= 11 is 0. The Morgan fingerprint density at radius 3 is 1.48 bits per heavy atom. The lowest BCUT2D eigenvalue weighted by Crippen LogP contribution is -2.50. The van der Waals surface area contributed by atoms with Gasteiger partial charge in [-0.05, 0) is 125 Å². The van der Waals surface area contributed by atoms with Crippen LogP contribution >= 0.6 is 0 Å². The summed E-state index contributed by atoms with van der Waals surface area (Å²) < 4.78 is 45.3. The summed E-state index contributed by atoms with van der Waals surface area (Å²) in [6, 6.07) is 10.2. The molecule has 1 aromatic carbocycles. The summed E-state index contributed by atoms with van der Waals surface area (Å²) in [6.45, 7) is 37.0. The maximum Gasteiger partial charge on any atom is 0.0902 e. The van der Waals surface area contributed by atoms with Crippen LogP contribution in [0.1, 0.15) is 200 Å². The Bertz CT molecular complexity index is 1350. The maximum atomic E-state index is 11.1. The molecule has 0 saturated heterocycles. The lowest BCUT2D eigenvalue weighted by Gasteiger charge is -2.47. The molecule has 0 spiro atoms. The van der Waals surface area contributed by atoms with E-state index in [-0.39, 0.29) is 37.4 Å². The molecule has 0 amide bonds. The quantitative estimate of drug-likeness (QED) is 0.0553. The summed E-state index contributed by atoms with van der Waals surface area (Å²) in [5.74, 6) is 0. The van der Waals surface area contributed by atoms with Gasteiger partial charge >= 0.3 is 0 Å². The zero-order valence-electron chi connectivity index (χ0n) is 43.6. The second-order valence-corrected chi connectivity index (χ2v) is 20.8. The number of hydrogen-bond donors (Lipinski definition) is 3. The van der Waals surface area contributed by atoms with E-state index in [1.165, 1.54) is 0 Å². The first-order chi connectivity index (χ1) is 29.4. The van der Waals surface area contributed by atoms with Gasteiger partial charge < -0.3 is 48.5 Å². The summed E-state index contributed by atoms with van der Waals surface area (Å²) in [5, 5.41) is 31.2. The summed E-state index contributed by atoms with van der Waals surface area (Å²) in [6.07, 6.45) is 8.75. The highest BCUT2D eigenvalue weighted by atomic mass is 16.6. The topological polar surface area (TPSA) is 125 Å². The lowest BCUT2D eigenvalue weighted by molar-refractivity contribution is -0.180. The molecule has 1 aromatic rings. The average molecular weight is 897 g/mol. The van der Waals surface area contributed by atoms with Gasteiger partial charge in [0.1, 0.15) is 0 Å². The van der Waals surface area contributed by atoms with Crippen LogP contribution in [0.2, 0.25) is 0 Å². The van der Waals surface area contributed by atoms with Crippen LogP contribution in [-0.4, -0.2) is 114 Å². The van der Waals surface area contributed by atoms with Crippen LogP contribution in [0.5, 0.6) is 0 Å². The zero-order chi connectivity index (χ0) is 48.1. The van der Waals surface area contributed by atoms with E-state index >= 15 is 0 Å². The van der Waals surface area contributed by atoms with Crippen LogP contribution in [0.4, 0.5) is 0 Å². The molecule has 0 aliphatic carbocycles. The van der Waals surface area contributed by atoms with E-state index in [2.05, 4.69) is 109 Å². The fourth-order valence-electron chi connectivity index (χ4n) is 8.32. The average Bonchev–Trinajstić information content (AvgIpc) is 3.27. The van der Waals surface area contributed by atoms with Crippen molar-refractivity contribution in [2.75, 3.05) is 52.9 Å². The smallest absolute Gasteiger partial charge is 0.0902 e. The van der Waals surface area contributed by atoms with Crippen molar-refractivity contribution < 1.29 is 48.5 Å². The van der Waals surface area contributed by atoms with E-state index in [0.29, 0.717) is 39.3 Å². The van der Waals surface area contributed by atoms with E-state index < -0.39 is 45.8 Å². The Hall–Kier alpha value is -1.18. The number of aliphatic hydroxyl groups is 3. The molecule has 9 unspecified atom stereocenters. The Morgan fingerprint density at radius 1 is 0.476 bits per heavy atom. The Morgan fingerprint density at radius 2 is 1.00 bits per heavy atom. The molecule has 0 aromatic heterocycles. The Kier molecular flexibility index (Phi) is 26.2. The maximum absolute atomic E-state index is 11.1. The molecule has 0 aliphatic rings. The number of hydrogen-bond acceptors (Lipinski definition) is 10. The van der Waals surface area contributed by atoms with Crippen LogP contribution < -0.4 is 0 Å². The number of ether oxygens (including phenoxy) is 7. The molecule has 372 valence electrons. The summed E-state index contributed by atoms with van der Waals surface area (Å²) in [7, 11) is 0. The highest BCUT2D eigenvalue weighted by Gasteiger charge is 2.45. The third-order valence-electron chi connectivity index (χ3n) is 15.0. The minimum Gasteiger partial charge on any atom is -0.394 e. The molecule has 63 heavy (non-hydrogen) atoms. The lowest BCUT2D eigenvalue weighted by atomic mass is 9.71. The van der Waals surface area contributed by atoms with Gasteiger partial charge in [0.25, 0.3) is 0 Å². The predicted octanol–water partition coefficient (Wildman–Crippen LogP) is 11.5. The van der Waals surface area contributed by atoms with Crippen molar-refractivity contribution in [1.29, 1.82) is 0 Å². The van der Waals surface area contributed by atoms with Gasteiger partial charge in [-0.15, -0.1) is 0 Å². The number of benzene rings is 1. The van der Waals surface area contributed by atoms with Crippen molar-refractivity contribution >= 4 is 0 Å². The SMILES string of the molecule is CCCC(C)(CCC(C)(C)OCC(C)(CC)C(C)(CC)OCCC(C)(CC)OCCOC(C)(CC)CC(O)COC(C)(CC)c1ccccc1)OCC(O)CC(C)(CC)OCCO. The Balaban J connectivity index is 2.77. The molecule has 0 fully saturated rings. The fourth-order valence-corrected chi connectivity index (χ4v) is 8.32. The predicted molar refractivity (Wildman–Crippen MR) is 259 cm³/mol. The third-order valence-corrected chi connectivity index (χ3v) is 15.0. The van der Waals surface area contributed by atoms with E-state index in [1.54, 1.807) is 0 Å². The zero-order valence-corrected chi connectivity index (χ0v) is 43.6. The minimum absolute atomic E-state index is 0.0388. The van der Waals surface area contributed by atoms with Gasteiger partial charge in [0, 0.05) is 18.3 Å². The molecule has 0 heterocycles. The van der Waals surface area contributed by atoms with Crippen LogP contribution in [0.3, 0.4) is 0 Å². The molecular weight excluding hydrogens is 797 g/mol. The molecule has 3 N–H and O–H groups in total. The first-order valence-corrected chi connectivity index (χ1v) is 24.9. The van der Waals surface area contributed by atoms with Crippen LogP contribution in [0, 0.1) is 5.41 Å². The molecule has 10 nitrogen and oxygen atoms in total. The normalized spacial score (nSPS) is 20.3. The largest absolute Gasteiger partial charge is 0.394 e.